The normalized spacial score (nSPS) is 25.4. The van der Waals surface area contributed by atoms with E-state index in [0.29, 0.717) is 23.7 Å². The molecule has 0 aliphatic carbocycles. The van der Waals surface area contributed by atoms with Gasteiger partial charge in [-0.2, -0.15) is 0 Å². The van der Waals surface area contributed by atoms with Crippen molar-refractivity contribution in [3.05, 3.63) is 34.9 Å². The number of aliphatic hydroxyl groups excluding tert-OH is 1. The lowest BCUT2D eigenvalue weighted by atomic mass is 10.0. The van der Waals surface area contributed by atoms with E-state index in [1.807, 2.05) is 13.8 Å². The molecular weight excluding hydrogens is 278 g/mol. The number of hydrogen-bond donors (Lipinski definition) is 1. The molecule has 20 heavy (non-hydrogen) atoms. The summed E-state index contributed by atoms with van der Waals surface area (Å²) < 4.78 is 5.50. The van der Waals surface area contributed by atoms with Crippen LogP contribution in [0.25, 0.3) is 0 Å². The largest absolute Gasteiger partial charge is 0.394 e. The van der Waals surface area contributed by atoms with Gasteiger partial charge < -0.3 is 9.84 Å². The van der Waals surface area contributed by atoms with E-state index in [0.717, 1.165) is 0 Å². The Morgan fingerprint density at radius 2 is 2.15 bits per heavy atom. The molecule has 0 amide bonds. The number of rotatable bonds is 4. The first-order valence-electron chi connectivity index (χ1n) is 6.81. The topological polar surface area (TPSA) is 49.8 Å². The van der Waals surface area contributed by atoms with Crippen molar-refractivity contribution in [1.29, 1.82) is 0 Å². The van der Waals surface area contributed by atoms with Gasteiger partial charge in [-0.05, 0) is 38.1 Å². The van der Waals surface area contributed by atoms with E-state index < -0.39 is 0 Å². The third kappa shape index (κ3) is 3.38. The molecule has 1 saturated heterocycles. The lowest BCUT2D eigenvalue weighted by molar-refractivity contribution is -0.0846. The lowest BCUT2D eigenvalue weighted by Gasteiger charge is -2.40. The zero-order chi connectivity index (χ0) is 14.7. The van der Waals surface area contributed by atoms with Crippen molar-refractivity contribution in [2.75, 3.05) is 19.8 Å². The van der Waals surface area contributed by atoms with Gasteiger partial charge >= 0.3 is 0 Å². The highest BCUT2D eigenvalue weighted by Gasteiger charge is 2.32. The molecule has 3 unspecified atom stereocenters. The van der Waals surface area contributed by atoms with Crippen LogP contribution >= 0.6 is 11.6 Å². The third-order valence-electron chi connectivity index (χ3n) is 3.76. The minimum absolute atomic E-state index is 0.0227. The van der Waals surface area contributed by atoms with Crippen LogP contribution in [0.4, 0.5) is 0 Å². The van der Waals surface area contributed by atoms with Gasteiger partial charge in [-0.25, -0.2) is 0 Å². The molecule has 2 rings (SSSR count). The molecule has 110 valence electrons. The highest BCUT2D eigenvalue weighted by Crippen LogP contribution is 2.19. The number of hydrogen-bond acceptors (Lipinski definition) is 4. The van der Waals surface area contributed by atoms with E-state index >= 15 is 0 Å². The highest BCUT2D eigenvalue weighted by molar-refractivity contribution is 6.30. The second-order valence-electron chi connectivity index (χ2n) is 5.23. The van der Waals surface area contributed by atoms with E-state index in [1.165, 1.54) is 0 Å². The van der Waals surface area contributed by atoms with Crippen molar-refractivity contribution in [2.45, 2.75) is 32.0 Å². The molecule has 1 aliphatic rings. The molecular formula is C15H20ClNO3. The van der Waals surface area contributed by atoms with Crippen molar-refractivity contribution in [3.8, 4) is 0 Å². The predicted molar refractivity (Wildman–Crippen MR) is 78.2 cm³/mol. The van der Waals surface area contributed by atoms with Gasteiger partial charge in [-0.15, -0.1) is 0 Å². The van der Waals surface area contributed by atoms with Gasteiger partial charge in [0.15, 0.2) is 5.78 Å². The van der Waals surface area contributed by atoms with Crippen molar-refractivity contribution < 1.29 is 14.6 Å². The van der Waals surface area contributed by atoms with Crippen LogP contribution in [-0.4, -0.2) is 53.7 Å². The molecule has 1 N–H and O–H groups in total. The predicted octanol–water partition coefficient (Wildman–Crippen LogP) is 1.99. The van der Waals surface area contributed by atoms with Gasteiger partial charge in [0.1, 0.15) is 0 Å². The van der Waals surface area contributed by atoms with Crippen LogP contribution < -0.4 is 0 Å². The first-order chi connectivity index (χ1) is 9.52. The SMILES string of the molecule is CC1COC(CO)CN1C(C)C(=O)c1ccc(Cl)cc1. The summed E-state index contributed by atoms with van der Waals surface area (Å²) in [4.78, 5) is 14.6. The van der Waals surface area contributed by atoms with Gasteiger partial charge in [0.2, 0.25) is 0 Å². The first kappa shape index (κ1) is 15.4. The molecule has 0 radical (unpaired) electrons. The Morgan fingerprint density at radius 1 is 1.50 bits per heavy atom. The molecule has 1 fully saturated rings. The van der Waals surface area contributed by atoms with Gasteiger partial charge in [0.25, 0.3) is 0 Å². The lowest BCUT2D eigenvalue weighted by Crippen LogP contribution is -2.55. The molecule has 1 aliphatic heterocycles. The fourth-order valence-corrected chi connectivity index (χ4v) is 2.62. The van der Waals surface area contributed by atoms with E-state index in [-0.39, 0.29) is 30.6 Å². The number of morpholine rings is 1. The number of nitrogens with zero attached hydrogens (tertiary/aromatic N) is 1. The minimum Gasteiger partial charge on any atom is -0.394 e. The Morgan fingerprint density at radius 3 is 2.75 bits per heavy atom. The molecule has 0 saturated carbocycles. The summed E-state index contributed by atoms with van der Waals surface area (Å²) in [6.07, 6.45) is -0.216. The van der Waals surface area contributed by atoms with Crippen LogP contribution in [0.5, 0.6) is 0 Å². The fraction of sp³-hybridized carbons (Fsp3) is 0.533. The number of halogens is 1. The van der Waals surface area contributed by atoms with Crippen molar-refractivity contribution in [1.82, 2.24) is 4.90 Å². The molecule has 1 aromatic rings. The van der Waals surface area contributed by atoms with Gasteiger partial charge in [-0.1, -0.05) is 11.6 Å². The average molecular weight is 298 g/mol. The summed E-state index contributed by atoms with van der Waals surface area (Å²) in [5, 5.41) is 9.83. The van der Waals surface area contributed by atoms with Crippen molar-refractivity contribution in [3.63, 3.8) is 0 Å². The summed E-state index contributed by atoms with van der Waals surface area (Å²) in [6, 6.07) is 6.85. The molecule has 0 bridgehead atoms. The summed E-state index contributed by atoms with van der Waals surface area (Å²) in [5.41, 5.74) is 0.654. The molecule has 3 atom stereocenters. The van der Waals surface area contributed by atoms with Crippen LogP contribution in [0.15, 0.2) is 24.3 Å². The smallest absolute Gasteiger partial charge is 0.179 e. The number of ketones is 1. The van der Waals surface area contributed by atoms with E-state index in [1.54, 1.807) is 24.3 Å². The Bertz CT molecular complexity index is 463. The fourth-order valence-electron chi connectivity index (χ4n) is 2.50. The quantitative estimate of drug-likeness (QED) is 0.864. The van der Waals surface area contributed by atoms with Crippen LogP contribution in [0, 0.1) is 0 Å². The Kier molecular flexibility index (Phi) is 5.16. The van der Waals surface area contributed by atoms with Gasteiger partial charge in [0.05, 0.1) is 25.4 Å². The molecule has 1 heterocycles. The Balaban J connectivity index is 2.10. The Labute approximate surface area is 124 Å². The minimum atomic E-state index is -0.246. The van der Waals surface area contributed by atoms with E-state index in [9.17, 15) is 9.90 Å². The van der Waals surface area contributed by atoms with Crippen LogP contribution in [0.3, 0.4) is 0 Å². The summed E-state index contributed by atoms with van der Waals surface area (Å²) >= 11 is 5.84. The number of Topliss-reactive ketones (excluding diaryl/α,β-unsaturated/α-hetero) is 1. The van der Waals surface area contributed by atoms with Gasteiger partial charge in [0, 0.05) is 23.2 Å². The number of carbonyl (C=O) groups excluding carboxylic acids is 1. The number of benzene rings is 1. The summed E-state index contributed by atoms with van der Waals surface area (Å²) in [6.45, 7) is 5.00. The maximum absolute atomic E-state index is 12.5. The zero-order valence-electron chi connectivity index (χ0n) is 11.8. The maximum atomic E-state index is 12.5. The molecule has 4 nitrogen and oxygen atoms in total. The zero-order valence-corrected chi connectivity index (χ0v) is 12.5. The molecule has 0 aromatic heterocycles. The number of ether oxygens (including phenoxy) is 1. The second-order valence-corrected chi connectivity index (χ2v) is 5.67. The summed E-state index contributed by atoms with van der Waals surface area (Å²) in [7, 11) is 0. The van der Waals surface area contributed by atoms with Crippen molar-refractivity contribution in [2.24, 2.45) is 0 Å². The van der Waals surface area contributed by atoms with Crippen molar-refractivity contribution >= 4 is 17.4 Å². The Hall–Kier alpha value is -0.940. The van der Waals surface area contributed by atoms with Gasteiger partial charge in [-0.3, -0.25) is 9.69 Å². The monoisotopic (exact) mass is 297 g/mol. The maximum Gasteiger partial charge on any atom is 0.179 e. The van der Waals surface area contributed by atoms with Crippen LogP contribution in [-0.2, 0) is 4.74 Å². The standard InChI is InChI=1S/C15H20ClNO3/c1-10-9-20-14(8-18)7-17(10)11(2)15(19)12-3-5-13(16)6-4-12/h3-6,10-11,14,18H,7-9H2,1-2H3. The molecule has 1 aromatic carbocycles. The molecule has 5 heteroatoms. The van der Waals surface area contributed by atoms with E-state index in [4.69, 9.17) is 16.3 Å². The summed E-state index contributed by atoms with van der Waals surface area (Å²) in [5.74, 6) is 0.0621. The van der Waals surface area contributed by atoms with Crippen LogP contribution in [0.1, 0.15) is 24.2 Å². The average Bonchev–Trinajstić information content (AvgIpc) is 2.47. The van der Waals surface area contributed by atoms with E-state index in [2.05, 4.69) is 4.90 Å². The highest BCUT2D eigenvalue weighted by atomic mass is 35.5. The molecule has 0 spiro atoms. The first-order valence-corrected chi connectivity index (χ1v) is 7.18. The number of aliphatic hydroxyl groups is 1. The number of carbonyl (C=O) groups is 1. The van der Waals surface area contributed by atoms with Crippen LogP contribution in [0.2, 0.25) is 5.02 Å². The third-order valence-corrected chi connectivity index (χ3v) is 4.01. The second kappa shape index (κ2) is 6.68.